The molecule has 0 saturated heterocycles. The molecule has 252 valence electrons. The molecule has 0 aliphatic heterocycles. The van der Waals surface area contributed by atoms with Gasteiger partial charge in [0.2, 0.25) is 0 Å². The van der Waals surface area contributed by atoms with E-state index in [1.807, 2.05) is 24.3 Å². The number of fused-ring (bicyclic) bond motifs is 11. The summed E-state index contributed by atoms with van der Waals surface area (Å²) in [5.41, 5.74) is 14.8. The van der Waals surface area contributed by atoms with E-state index in [2.05, 4.69) is 167 Å². The van der Waals surface area contributed by atoms with Gasteiger partial charge in [0.15, 0.2) is 0 Å². The highest BCUT2D eigenvalue weighted by molar-refractivity contribution is 6.21. The second-order valence-electron chi connectivity index (χ2n) is 14.1. The number of rotatable bonds is 4. The molecule has 4 heteroatoms. The van der Waals surface area contributed by atoms with Gasteiger partial charge in [-0.3, -0.25) is 0 Å². The number of para-hydroxylation sites is 6. The third kappa shape index (κ3) is 4.08. The Morgan fingerprint density at radius 3 is 1.19 bits per heavy atom. The zero-order valence-corrected chi connectivity index (χ0v) is 29.0. The second-order valence-corrected chi connectivity index (χ2v) is 14.1. The lowest BCUT2D eigenvalue weighted by molar-refractivity contribution is 0.669. The third-order valence-electron chi connectivity index (χ3n) is 11.1. The Morgan fingerprint density at radius 1 is 0.315 bits per heavy atom. The van der Waals surface area contributed by atoms with Gasteiger partial charge in [0.25, 0.3) is 0 Å². The van der Waals surface area contributed by atoms with E-state index >= 15 is 0 Å². The molecular formula is C50H30N2O2. The monoisotopic (exact) mass is 690 g/mol. The van der Waals surface area contributed by atoms with Crippen LogP contribution in [0.2, 0.25) is 0 Å². The fourth-order valence-electron chi connectivity index (χ4n) is 8.76. The Hall–Kier alpha value is -7.30. The second kappa shape index (κ2) is 11.1. The van der Waals surface area contributed by atoms with Crippen molar-refractivity contribution in [3.8, 4) is 33.6 Å². The molecular weight excluding hydrogens is 661 g/mol. The van der Waals surface area contributed by atoms with Crippen molar-refractivity contribution in [1.29, 1.82) is 0 Å². The first-order chi connectivity index (χ1) is 26.8. The summed E-state index contributed by atoms with van der Waals surface area (Å²) in [5.74, 6) is 0. The molecule has 0 amide bonds. The number of aromatic nitrogens is 2. The van der Waals surface area contributed by atoms with E-state index in [1.54, 1.807) is 0 Å². The van der Waals surface area contributed by atoms with Gasteiger partial charge in [0.1, 0.15) is 22.3 Å². The van der Waals surface area contributed by atoms with E-state index < -0.39 is 0 Å². The Labute approximate surface area is 309 Å². The van der Waals surface area contributed by atoms with Crippen molar-refractivity contribution in [2.24, 2.45) is 0 Å². The molecule has 0 spiro atoms. The molecule has 8 aromatic carbocycles. The van der Waals surface area contributed by atoms with Crippen molar-refractivity contribution < 1.29 is 8.83 Å². The van der Waals surface area contributed by atoms with Crippen molar-refractivity contribution >= 4 is 76.7 Å². The average Bonchev–Trinajstić information content (AvgIpc) is 3.98. The van der Waals surface area contributed by atoms with Crippen LogP contribution in [0, 0.1) is 0 Å². The Bertz CT molecular complexity index is 3200. The molecule has 0 atom stereocenters. The van der Waals surface area contributed by atoms with Crippen molar-refractivity contribution in [1.82, 2.24) is 9.13 Å². The molecule has 0 bridgehead atoms. The van der Waals surface area contributed by atoms with Crippen LogP contribution in [0.4, 0.5) is 0 Å². The van der Waals surface area contributed by atoms with Crippen LogP contribution < -0.4 is 0 Å². The van der Waals surface area contributed by atoms with Crippen LogP contribution in [0.1, 0.15) is 0 Å². The summed E-state index contributed by atoms with van der Waals surface area (Å²) >= 11 is 0. The SMILES string of the molecule is c1ccc(-n2c3cc(-c4cccc5c4oc4ccccc45)ccc3c3c2c2ccc(-c4cccc5c4oc4ccccc45)cc2n3-c2ccccc2)cc1. The van der Waals surface area contributed by atoms with Gasteiger partial charge in [-0.2, -0.15) is 0 Å². The molecule has 12 aromatic rings. The molecule has 4 aromatic heterocycles. The maximum atomic E-state index is 6.52. The lowest BCUT2D eigenvalue weighted by Crippen LogP contribution is -1.94. The van der Waals surface area contributed by atoms with Crippen LogP contribution >= 0.6 is 0 Å². The molecule has 0 saturated carbocycles. The predicted octanol–water partition coefficient (Wildman–Crippen LogP) is 13.9. The molecule has 54 heavy (non-hydrogen) atoms. The van der Waals surface area contributed by atoms with Crippen LogP contribution in [0.3, 0.4) is 0 Å². The normalized spacial score (nSPS) is 12.1. The first-order valence-electron chi connectivity index (χ1n) is 18.3. The van der Waals surface area contributed by atoms with Gasteiger partial charge in [-0.15, -0.1) is 0 Å². The average molecular weight is 691 g/mol. The number of furan rings is 2. The molecule has 0 N–H and O–H groups in total. The summed E-state index contributed by atoms with van der Waals surface area (Å²) in [6.07, 6.45) is 0. The van der Waals surface area contributed by atoms with Gasteiger partial charge >= 0.3 is 0 Å². The molecule has 0 aliphatic carbocycles. The van der Waals surface area contributed by atoms with E-state index in [4.69, 9.17) is 8.83 Å². The summed E-state index contributed by atoms with van der Waals surface area (Å²) in [5, 5.41) is 6.87. The van der Waals surface area contributed by atoms with E-state index in [-0.39, 0.29) is 0 Å². The summed E-state index contributed by atoms with van der Waals surface area (Å²) in [6.45, 7) is 0. The molecule has 4 nitrogen and oxygen atoms in total. The van der Waals surface area contributed by atoms with Gasteiger partial charge < -0.3 is 18.0 Å². The summed E-state index contributed by atoms with van der Waals surface area (Å²) in [4.78, 5) is 0. The molecule has 0 radical (unpaired) electrons. The largest absolute Gasteiger partial charge is 0.455 e. The van der Waals surface area contributed by atoms with Crippen LogP contribution in [-0.4, -0.2) is 9.13 Å². The first kappa shape index (κ1) is 29.3. The Balaban J connectivity index is 1.17. The fourth-order valence-corrected chi connectivity index (χ4v) is 8.76. The first-order valence-corrected chi connectivity index (χ1v) is 18.3. The van der Waals surface area contributed by atoms with E-state index in [1.165, 1.54) is 21.8 Å². The van der Waals surface area contributed by atoms with Gasteiger partial charge in [-0.1, -0.05) is 133 Å². The highest BCUT2D eigenvalue weighted by atomic mass is 16.3. The van der Waals surface area contributed by atoms with E-state index in [0.29, 0.717) is 0 Å². The third-order valence-corrected chi connectivity index (χ3v) is 11.1. The van der Waals surface area contributed by atoms with Crippen LogP contribution in [-0.2, 0) is 0 Å². The molecule has 0 fully saturated rings. The number of hydrogen-bond donors (Lipinski definition) is 0. The maximum absolute atomic E-state index is 6.52. The standard InChI is InChI=1S/C50H30N2O2/c1-3-13-33(14-4-1)51-43-29-31(35-19-11-21-39-37-17-7-9-23-45(37)53-49(35)39)25-27-41(43)48-47(51)42-28-26-32(30-44(42)52(48)34-15-5-2-6-16-34)36-20-12-22-40-38-18-8-10-24-46(38)54-50(36)40/h1-30H. The zero-order valence-electron chi connectivity index (χ0n) is 29.0. The highest BCUT2D eigenvalue weighted by Crippen LogP contribution is 2.45. The van der Waals surface area contributed by atoms with Crippen molar-refractivity contribution in [3.05, 3.63) is 182 Å². The van der Waals surface area contributed by atoms with Crippen molar-refractivity contribution in [2.45, 2.75) is 0 Å². The number of benzene rings is 8. The number of hydrogen-bond acceptors (Lipinski definition) is 2. The van der Waals surface area contributed by atoms with Gasteiger partial charge in [0, 0.05) is 54.8 Å². The minimum atomic E-state index is 0.902. The smallest absolute Gasteiger partial charge is 0.143 e. The Kier molecular flexibility index (Phi) is 6.02. The van der Waals surface area contributed by atoms with E-state index in [9.17, 15) is 0 Å². The van der Waals surface area contributed by atoms with Gasteiger partial charge in [-0.25, -0.2) is 0 Å². The quantitative estimate of drug-likeness (QED) is 0.184. The summed E-state index contributed by atoms with van der Waals surface area (Å²) < 4.78 is 17.9. The van der Waals surface area contributed by atoms with Crippen LogP contribution in [0.15, 0.2) is 191 Å². The molecule has 12 rings (SSSR count). The van der Waals surface area contributed by atoms with Gasteiger partial charge in [-0.05, 0) is 59.7 Å². The summed E-state index contributed by atoms with van der Waals surface area (Å²) in [7, 11) is 0. The topological polar surface area (TPSA) is 36.1 Å². The van der Waals surface area contributed by atoms with Crippen LogP contribution in [0.5, 0.6) is 0 Å². The predicted molar refractivity (Wildman–Crippen MR) is 223 cm³/mol. The maximum Gasteiger partial charge on any atom is 0.143 e. The Morgan fingerprint density at radius 2 is 0.722 bits per heavy atom. The lowest BCUT2D eigenvalue weighted by Gasteiger charge is -2.11. The summed E-state index contributed by atoms with van der Waals surface area (Å²) in [6, 6.07) is 64.7. The van der Waals surface area contributed by atoms with Gasteiger partial charge in [0.05, 0.1) is 22.1 Å². The fraction of sp³-hybridized carbons (Fsp3) is 0. The van der Waals surface area contributed by atoms with Crippen LogP contribution in [0.25, 0.3) is 110 Å². The lowest BCUT2D eigenvalue weighted by atomic mass is 10.0. The highest BCUT2D eigenvalue weighted by Gasteiger charge is 2.24. The number of nitrogens with zero attached hydrogens (tertiary/aromatic N) is 2. The van der Waals surface area contributed by atoms with E-state index in [0.717, 1.165) is 88.5 Å². The molecule has 4 heterocycles. The molecule has 0 unspecified atom stereocenters. The van der Waals surface area contributed by atoms with Crippen molar-refractivity contribution in [2.75, 3.05) is 0 Å². The zero-order chi connectivity index (χ0) is 35.3. The van der Waals surface area contributed by atoms with Crippen molar-refractivity contribution in [3.63, 3.8) is 0 Å². The molecule has 0 aliphatic rings. The minimum absolute atomic E-state index is 0.902. The minimum Gasteiger partial charge on any atom is -0.455 e.